The smallest absolute Gasteiger partial charge is 0.256 e. The maximum atomic E-state index is 13.1. The molecule has 0 spiro atoms. The number of allylic oxidation sites excluding steroid dienone is 1. The van der Waals surface area contributed by atoms with Crippen LogP contribution < -0.4 is 36.8 Å². The van der Waals surface area contributed by atoms with E-state index in [1.807, 2.05) is 51.1 Å². The Morgan fingerprint density at radius 2 is 1.81 bits per heavy atom. The van der Waals surface area contributed by atoms with Crippen LogP contribution in [0.4, 0.5) is 28.8 Å². The third-order valence-corrected chi connectivity index (χ3v) is 13.4. The molecule has 4 bridgehead atoms. The highest BCUT2D eigenvalue weighted by Gasteiger charge is 2.65. The van der Waals surface area contributed by atoms with Crippen LogP contribution in [0.1, 0.15) is 98.9 Å². The number of carbonyl (C=O) groups is 4. The van der Waals surface area contributed by atoms with Gasteiger partial charge in [0, 0.05) is 80.7 Å². The summed E-state index contributed by atoms with van der Waals surface area (Å²) >= 11 is 0. The molecule has 1 saturated heterocycles. The van der Waals surface area contributed by atoms with E-state index in [2.05, 4.69) is 78.4 Å². The molecule has 3 aromatic rings. The van der Waals surface area contributed by atoms with Gasteiger partial charge in [-0.3, -0.25) is 29.4 Å². The second-order valence-electron chi connectivity index (χ2n) is 17.2. The lowest BCUT2D eigenvalue weighted by Gasteiger charge is -2.56. The van der Waals surface area contributed by atoms with Gasteiger partial charge in [0.25, 0.3) is 11.8 Å². The van der Waals surface area contributed by atoms with Gasteiger partial charge < -0.3 is 36.4 Å². The van der Waals surface area contributed by atoms with E-state index < -0.39 is 11.9 Å². The number of carbonyl (C=O) groups excluding carboxylic acids is 4. The van der Waals surface area contributed by atoms with Gasteiger partial charge in [0.1, 0.15) is 23.2 Å². The summed E-state index contributed by atoms with van der Waals surface area (Å²) in [5.41, 5.74) is 5.22. The van der Waals surface area contributed by atoms with Gasteiger partial charge in [-0.1, -0.05) is 46.6 Å². The van der Waals surface area contributed by atoms with Gasteiger partial charge in [-0.2, -0.15) is 4.98 Å². The number of aromatic nitrogens is 2. The summed E-state index contributed by atoms with van der Waals surface area (Å²) in [6.07, 6.45) is 12.9. The molecule has 63 heavy (non-hydrogen) atoms. The first-order valence-corrected chi connectivity index (χ1v) is 23.0. The minimum absolute atomic E-state index is 0.167. The fourth-order valence-electron chi connectivity index (χ4n) is 10.1. The molecule has 4 unspecified atom stereocenters. The average molecular weight is 860 g/mol. The first kappa shape index (κ1) is 45.1. The van der Waals surface area contributed by atoms with E-state index in [9.17, 15) is 19.2 Å². The topological polar surface area (TPSA) is 176 Å². The van der Waals surface area contributed by atoms with Crippen molar-refractivity contribution >= 4 is 53.0 Å². The summed E-state index contributed by atoms with van der Waals surface area (Å²) < 4.78 is 0. The van der Waals surface area contributed by atoms with Gasteiger partial charge >= 0.3 is 0 Å². The summed E-state index contributed by atoms with van der Waals surface area (Å²) in [4.78, 5) is 65.3. The molecule has 4 aliphatic heterocycles. The Bertz CT molecular complexity index is 2150. The number of benzene rings is 2. The quantitative estimate of drug-likeness (QED) is 0.0430. The van der Waals surface area contributed by atoms with Crippen molar-refractivity contribution in [2.75, 3.05) is 66.7 Å². The number of amides is 4. The van der Waals surface area contributed by atoms with Gasteiger partial charge in [0.2, 0.25) is 18.3 Å². The van der Waals surface area contributed by atoms with Crippen molar-refractivity contribution in [3.63, 3.8) is 0 Å². The Morgan fingerprint density at radius 3 is 2.49 bits per heavy atom. The molecule has 10 rings (SSSR count). The lowest BCUT2D eigenvalue weighted by atomic mass is 9.55. The number of hydrogen-bond donors (Lipinski definition) is 6. The Labute approximate surface area is 371 Å². The molecule has 0 radical (unpaired) electrons. The predicted octanol–water partition coefficient (Wildman–Crippen LogP) is 6.23. The van der Waals surface area contributed by atoms with E-state index in [1.54, 1.807) is 17.2 Å². The Hall–Kier alpha value is -5.96. The van der Waals surface area contributed by atoms with E-state index in [0.29, 0.717) is 72.1 Å². The molecule has 1 aromatic heterocycles. The standard InChI is InChI=1S/C46H59N11O4.C2H6/c1-4-9-38(43(60)50-29-58)57-28-30-25-32(12-15-34(30)44(57)61)47-19-7-6-8-20-55-21-23-56(24-22-55)33-13-10-31(11-14-33)51-45-49-27-36(42(59)48-18-5-2)41(54-45)53-39-26-37-35-16-17-46(37,3)40(35)52-39;1-2/h5,10-15,25-27,29,35,37-38,40,47,52H,2,4,6-9,16-24,28H2,1,3H3,(H,48,59)(H,50,58,60)(H2,49,51,53,54);1-2H3/t35?,37-,38?,40?,46?;/m0./s1. The molecule has 15 heteroatoms. The predicted molar refractivity (Wildman–Crippen MR) is 249 cm³/mol. The summed E-state index contributed by atoms with van der Waals surface area (Å²) in [5.74, 6) is 2.14. The minimum atomic E-state index is -0.661. The highest BCUT2D eigenvalue weighted by atomic mass is 16.2. The minimum Gasteiger partial charge on any atom is -0.385 e. The monoisotopic (exact) mass is 860 g/mol. The largest absolute Gasteiger partial charge is 0.385 e. The number of nitrogens with one attached hydrogen (secondary N) is 6. The molecule has 3 saturated carbocycles. The number of imide groups is 1. The van der Waals surface area contributed by atoms with Crippen LogP contribution >= 0.6 is 0 Å². The van der Waals surface area contributed by atoms with Crippen LogP contribution in [-0.4, -0.2) is 102 Å². The summed E-state index contributed by atoms with van der Waals surface area (Å²) in [5, 5.41) is 19.0. The van der Waals surface area contributed by atoms with Crippen LogP contribution in [0.5, 0.6) is 0 Å². The number of piperazine rings is 1. The molecule has 5 heterocycles. The molecule has 336 valence electrons. The zero-order valence-corrected chi connectivity index (χ0v) is 37.3. The van der Waals surface area contributed by atoms with Crippen LogP contribution in [0.25, 0.3) is 0 Å². The van der Waals surface area contributed by atoms with Gasteiger partial charge in [0.15, 0.2) is 0 Å². The van der Waals surface area contributed by atoms with Crippen LogP contribution in [0.2, 0.25) is 0 Å². The fourth-order valence-corrected chi connectivity index (χ4v) is 10.1. The third-order valence-electron chi connectivity index (χ3n) is 13.4. The number of rotatable bonds is 20. The molecule has 5 atom stereocenters. The van der Waals surface area contributed by atoms with Crippen molar-refractivity contribution in [1.29, 1.82) is 0 Å². The summed E-state index contributed by atoms with van der Waals surface area (Å²) in [6.45, 7) is 18.6. The van der Waals surface area contributed by atoms with Crippen molar-refractivity contribution in [2.45, 2.75) is 91.3 Å². The Morgan fingerprint density at radius 1 is 1.03 bits per heavy atom. The maximum Gasteiger partial charge on any atom is 0.256 e. The zero-order chi connectivity index (χ0) is 44.5. The number of nitrogens with zero attached hydrogens (tertiary/aromatic N) is 5. The number of fused-ring (bicyclic) bond motifs is 3. The first-order chi connectivity index (χ1) is 30.7. The van der Waals surface area contributed by atoms with Crippen molar-refractivity contribution in [3.05, 3.63) is 89.9 Å². The molecular weight excluding hydrogens is 795 g/mol. The lowest BCUT2D eigenvalue weighted by Crippen LogP contribution is -2.62. The van der Waals surface area contributed by atoms with Gasteiger partial charge in [-0.15, -0.1) is 6.58 Å². The van der Waals surface area contributed by atoms with E-state index >= 15 is 0 Å². The van der Waals surface area contributed by atoms with Gasteiger partial charge in [-0.05, 0) is 110 Å². The third kappa shape index (κ3) is 9.83. The SMILES string of the molecule is C=CCNC(=O)c1cnc(Nc2ccc(N3CCN(CCCCCNc4ccc5c(c4)CN(C(CCC)C(=O)NC=O)C5=O)CC3)cc2)nc1NC1=C[C@H]2C3CCC2(C)C3N1.CC. The van der Waals surface area contributed by atoms with E-state index in [1.165, 1.54) is 18.5 Å². The number of unbranched alkanes of at least 4 members (excludes halogenated alkanes) is 2. The van der Waals surface area contributed by atoms with Crippen LogP contribution in [0.3, 0.4) is 0 Å². The van der Waals surface area contributed by atoms with Crippen molar-refractivity contribution < 1.29 is 19.2 Å². The van der Waals surface area contributed by atoms with Crippen LogP contribution in [0.15, 0.2) is 73.2 Å². The second kappa shape index (κ2) is 20.5. The van der Waals surface area contributed by atoms with Gasteiger partial charge in [-0.25, -0.2) is 4.98 Å². The highest BCUT2D eigenvalue weighted by molar-refractivity contribution is 6.02. The van der Waals surface area contributed by atoms with E-state index in [0.717, 1.165) is 87.7 Å². The van der Waals surface area contributed by atoms with E-state index in [4.69, 9.17) is 4.98 Å². The Kier molecular flexibility index (Phi) is 14.7. The molecule has 4 fully saturated rings. The molecule has 7 aliphatic rings. The zero-order valence-electron chi connectivity index (χ0n) is 37.3. The normalized spacial score (nSPS) is 22.3. The molecule has 6 N–H and O–H groups in total. The molecule has 3 aliphatic carbocycles. The maximum absolute atomic E-state index is 13.1. The molecule has 4 amide bonds. The fraction of sp³-hybridized carbons (Fsp3) is 0.500. The molecule has 15 nitrogen and oxygen atoms in total. The second-order valence-corrected chi connectivity index (χ2v) is 17.2. The number of anilines is 5. The lowest BCUT2D eigenvalue weighted by molar-refractivity contribution is -0.129. The van der Waals surface area contributed by atoms with Crippen LogP contribution in [-0.2, 0) is 16.1 Å². The molecular formula is C48H65N11O4. The molecule has 2 aromatic carbocycles. The van der Waals surface area contributed by atoms with Crippen molar-refractivity contribution in [2.24, 2.45) is 17.3 Å². The first-order valence-electron chi connectivity index (χ1n) is 23.0. The Balaban J connectivity index is 0.00000293. The average Bonchev–Trinajstić information content (AvgIpc) is 3.95. The summed E-state index contributed by atoms with van der Waals surface area (Å²) in [7, 11) is 0. The number of hydrogen-bond acceptors (Lipinski definition) is 12. The van der Waals surface area contributed by atoms with Crippen molar-refractivity contribution in [1.82, 2.24) is 35.7 Å². The summed E-state index contributed by atoms with van der Waals surface area (Å²) in [6, 6.07) is 13.9. The van der Waals surface area contributed by atoms with Crippen molar-refractivity contribution in [3.8, 4) is 0 Å². The van der Waals surface area contributed by atoms with E-state index in [-0.39, 0.29) is 11.8 Å². The van der Waals surface area contributed by atoms with Gasteiger partial charge in [0.05, 0.1) is 0 Å². The highest BCUT2D eigenvalue weighted by Crippen LogP contribution is 2.65. The van der Waals surface area contributed by atoms with Crippen LogP contribution in [0, 0.1) is 17.3 Å².